The summed E-state index contributed by atoms with van der Waals surface area (Å²) in [5.74, 6) is 2.64. The first-order chi connectivity index (χ1) is 15.4. The summed E-state index contributed by atoms with van der Waals surface area (Å²) in [7, 11) is 1.79. The van der Waals surface area contributed by atoms with Crippen LogP contribution in [0.25, 0.3) is 5.69 Å². The Morgan fingerprint density at radius 2 is 1.84 bits per heavy atom. The van der Waals surface area contributed by atoms with Crippen molar-refractivity contribution in [3.63, 3.8) is 0 Å². The van der Waals surface area contributed by atoms with Gasteiger partial charge in [0, 0.05) is 13.6 Å². The third-order valence-corrected chi connectivity index (χ3v) is 7.94. The van der Waals surface area contributed by atoms with Crippen molar-refractivity contribution < 1.29 is 9.59 Å². The maximum absolute atomic E-state index is 12.9. The van der Waals surface area contributed by atoms with Gasteiger partial charge >= 0.3 is 0 Å². The quantitative estimate of drug-likeness (QED) is 0.607. The van der Waals surface area contributed by atoms with E-state index < -0.39 is 0 Å². The lowest BCUT2D eigenvalue weighted by Gasteiger charge is -2.21. The van der Waals surface area contributed by atoms with Crippen LogP contribution in [0.1, 0.15) is 37.8 Å². The number of anilines is 1. The average molecular weight is 457 g/mol. The Kier molecular flexibility index (Phi) is 7.08. The molecule has 2 aliphatic rings. The minimum atomic E-state index is -0.282. The second-order valence-corrected chi connectivity index (χ2v) is 10.0. The fraction of sp³-hybridized carbons (Fsp3) is 0.542. The van der Waals surface area contributed by atoms with Gasteiger partial charge in [0.1, 0.15) is 5.69 Å². The molecule has 0 saturated heterocycles. The number of thioether (sulfide) groups is 1. The van der Waals surface area contributed by atoms with Crippen LogP contribution in [0.3, 0.4) is 0 Å². The van der Waals surface area contributed by atoms with Gasteiger partial charge in [0.25, 0.3) is 5.56 Å². The zero-order valence-corrected chi connectivity index (χ0v) is 19.6. The smallest absolute Gasteiger partial charge is 0.295 e. The maximum Gasteiger partial charge on any atom is 0.295 e. The van der Waals surface area contributed by atoms with Crippen LogP contribution < -0.4 is 16.2 Å². The lowest BCUT2D eigenvalue weighted by atomic mass is 9.86. The van der Waals surface area contributed by atoms with Crippen LogP contribution in [0.5, 0.6) is 0 Å². The van der Waals surface area contributed by atoms with Crippen molar-refractivity contribution in [3.8, 4) is 5.69 Å². The second kappa shape index (κ2) is 9.98. The number of nitrogens with zero attached hydrogens (tertiary/aromatic N) is 2. The number of amides is 2. The fourth-order valence-corrected chi connectivity index (χ4v) is 5.95. The molecule has 172 valence electrons. The molecule has 2 bridgehead atoms. The van der Waals surface area contributed by atoms with E-state index in [1.807, 2.05) is 30.3 Å². The molecule has 3 unspecified atom stereocenters. The summed E-state index contributed by atoms with van der Waals surface area (Å²) in [5, 5.41) is 5.72. The van der Waals surface area contributed by atoms with Crippen LogP contribution in [-0.2, 0) is 16.6 Å². The van der Waals surface area contributed by atoms with Crippen LogP contribution in [0.15, 0.2) is 35.1 Å². The molecule has 2 aromatic rings. The van der Waals surface area contributed by atoms with E-state index in [2.05, 4.69) is 10.6 Å². The molecule has 3 atom stereocenters. The lowest BCUT2D eigenvalue weighted by Crippen LogP contribution is -2.29. The number of aromatic nitrogens is 2. The van der Waals surface area contributed by atoms with Gasteiger partial charge in [-0.2, -0.15) is 0 Å². The molecule has 1 heterocycles. The van der Waals surface area contributed by atoms with Gasteiger partial charge in [0.15, 0.2) is 0 Å². The zero-order valence-electron chi connectivity index (χ0n) is 18.8. The summed E-state index contributed by atoms with van der Waals surface area (Å²) < 4.78 is 3.26. The molecule has 7 nitrogen and oxygen atoms in total. The molecule has 32 heavy (non-hydrogen) atoms. The van der Waals surface area contributed by atoms with Gasteiger partial charge in [-0.15, -0.1) is 11.8 Å². The molecule has 0 aliphatic heterocycles. The first-order valence-electron chi connectivity index (χ1n) is 11.4. The molecule has 2 saturated carbocycles. The molecular formula is C24H32N4O3S. The second-order valence-electron chi connectivity index (χ2n) is 9.05. The SMILES string of the molecule is Cc1c(NC(=O)CSCC(=O)NCCC2CC3CCC2C3)c(=O)n(-c2ccccc2)n1C. The van der Waals surface area contributed by atoms with Crippen molar-refractivity contribution >= 4 is 29.3 Å². The van der Waals surface area contributed by atoms with Crippen LogP contribution in [-0.4, -0.2) is 39.2 Å². The van der Waals surface area contributed by atoms with Crippen molar-refractivity contribution in [1.82, 2.24) is 14.7 Å². The summed E-state index contributed by atoms with van der Waals surface area (Å²) >= 11 is 1.26. The molecule has 8 heteroatoms. The highest BCUT2D eigenvalue weighted by atomic mass is 32.2. The van der Waals surface area contributed by atoms with Crippen molar-refractivity contribution in [2.75, 3.05) is 23.4 Å². The molecule has 4 rings (SSSR count). The number of carbonyl (C=O) groups excluding carboxylic acids is 2. The molecule has 2 aliphatic carbocycles. The third-order valence-electron chi connectivity index (χ3n) is 7.01. The Morgan fingerprint density at radius 3 is 2.53 bits per heavy atom. The van der Waals surface area contributed by atoms with E-state index in [-0.39, 0.29) is 34.6 Å². The zero-order chi connectivity index (χ0) is 22.7. The number of rotatable bonds is 9. The van der Waals surface area contributed by atoms with Gasteiger partial charge in [-0.25, -0.2) is 4.68 Å². The summed E-state index contributed by atoms with van der Waals surface area (Å²) in [4.78, 5) is 37.4. The number of benzene rings is 1. The van der Waals surface area contributed by atoms with Gasteiger partial charge < -0.3 is 10.6 Å². The molecule has 2 N–H and O–H groups in total. The van der Waals surface area contributed by atoms with Gasteiger partial charge in [-0.3, -0.25) is 19.1 Å². The number of hydrogen-bond acceptors (Lipinski definition) is 4. The lowest BCUT2D eigenvalue weighted by molar-refractivity contribution is -0.118. The van der Waals surface area contributed by atoms with Gasteiger partial charge in [-0.05, 0) is 62.5 Å². The minimum absolute atomic E-state index is 0.0340. The van der Waals surface area contributed by atoms with Crippen molar-refractivity contribution in [3.05, 3.63) is 46.4 Å². The predicted molar refractivity (Wildman–Crippen MR) is 128 cm³/mol. The number of nitrogens with one attached hydrogen (secondary N) is 2. The highest BCUT2D eigenvalue weighted by Crippen LogP contribution is 2.49. The van der Waals surface area contributed by atoms with E-state index in [1.54, 1.807) is 18.7 Å². The highest BCUT2D eigenvalue weighted by Gasteiger charge is 2.38. The van der Waals surface area contributed by atoms with Gasteiger partial charge in [-0.1, -0.05) is 24.6 Å². The average Bonchev–Trinajstić information content (AvgIpc) is 3.46. The third kappa shape index (κ3) is 4.95. The Balaban J connectivity index is 1.21. The van der Waals surface area contributed by atoms with Crippen LogP contribution >= 0.6 is 11.8 Å². The Hall–Kier alpha value is -2.48. The van der Waals surface area contributed by atoms with E-state index in [0.717, 1.165) is 36.4 Å². The molecule has 0 radical (unpaired) electrons. The van der Waals surface area contributed by atoms with Gasteiger partial charge in [0.05, 0.1) is 22.9 Å². The van der Waals surface area contributed by atoms with Crippen molar-refractivity contribution in [2.24, 2.45) is 24.8 Å². The van der Waals surface area contributed by atoms with Crippen LogP contribution in [0.2, 0.25) is 0 Å². The normalized spacial score (nSPS) is 21.6. The monoisotopic (exact) mass is 456 g/mol. The first kappa shape index (κ1) is 22.7. The summed E-state index contributed by atoms with van der Waals surface area (Å²) in [6, 6.07) is 9.30. The van der Waals surface area contributed by atoms with E-state index in [9.17, 15) is 14.4 Å². The molecule has 2 amide bonds. The molecular weight excluding hydrogens is 424 g/mol. The molecule has 2 fully saturated rings. The van der Waals surface area contributed by atoms with Crippen LogP contribution in [0.4, 0.5) is 5.69 Å². The summed E-state index contributed by atoms with van der Waals surface area (Å²) in [6.07, 6.45) is 6.56. The standard InChI is InChI=1S/C24H32N4O3S/c1-16-23(24(31)28(27(16)2)20-6-4-3-5-7-20)26-22(30)15-32-14-21(29)25-11-10-19-13-17-8-9-18(19)12-17/h3-7,17-19H,8-15H2,1-2H3,(H,25,29)(H,26,30). The van der Waals surface area contributed by atoms with E-state index in [1.165, 1.54) is 42.1 Å². The summed E-state index contributed by atoms with van der Waals surface area (Å²) in [5.41, 5.74) is 1.42. The molecule has 1 aromatic heterocycles. The Bertz CT molecular complexity index is 1030. The molecule has 1 aromatic carbocycles. The number of fused-ring (bicyclic) bond motifs is 2. The first-order valence-corrected chi connectivity index (χ1v) is 12.6. The Labute approximate surface area is 192 Å². The minimum Gasteiger partial charge on any atom is -0.355 e. The van der Waals surface area contributed by atoms with Crippen molar-refractivity contribution in [1.29, 1.82) is 0 Å². The predicted octanol–water partition coefficient (Wildman–Crippen LogP) is 3.10. The van der Waals surface area contributed by atoms with E-state index in [0.29, 0.717) is 5.69 Å². The highest BCUT2D eigenvalue weighted by molar-refractivity contribution is 8.00. The van der Waals surface area contributed by atoms with Crippen molar-refractivity contribution in [2.45, 2.75) is 39.0 Å². The molecule has 0 spiro atoms. The largest absolute Gasteiger partial charge is 0.355 e. The van der Waals surface area contributed by atoms with E-state index >= 15 is 0 Å². The number of hydrogen-bond donors (Lipinski definition) is 2. The fourth-order valence-electron chi connectivity index (χ4n) is 5.30. The van der Waals surface area contributed by atoms with Crippen LogP contribution in [0, 0.1) is 24.7 Å². The topological polar surface area (TPSA) is 85.1 Å². The number of para-hydroxylation sites is 1. The van der Waals surface area contributed by atoms with Gasteiger partial charge in [0.2, 0.25) is 11.8 Å². The Morgan fingerprint density at radius 1 is 1.09 bits per heavy atom. The summed E-state index contributed by atoms with van der Waals surface area (Å²) in [6.45, 7) is 2.52. The maximum atomic E-state index is 12.9. The number of carbonyl (C=O) groups is 2. The van der Waals surface area contributed by atoms with E-state index in [4.69, 9.17) is 0 Å².